The van der Waals surface area contributed by atoms with Crippen molar-refractivity contribution in [1.29, 1.82) is 5.26 Å². The van der Waals surface area contributed by atoms with Crippen molar-refractivity contribution in [2.24, 2.45) is 5.92 Å². The molecule has 1 unspecified atom stereocenters. The van der Waals surface area contributed by atoms with E-state index in [2.05, 4.69) is 15.3 Å². The van der Waals surface area contributed by atoms with E-state index in [1.54, 1.807) is 20.9 Å². The second-order valence-corrected chi connectivity index (χ2v) is 4.37. The van der Waals surface area contributed by atoms with E-state index in [4.69, 9.17) is 5.26 Å². The summed E-state index contributed by atoms with van der Waals surface area (Å²) in [4.78, 5) is 8.46. The summed E-state index contributed by atoms with van der Waals surface area (Å²) in [6.45, 7) is 4.19. The number of hydrogen-bond donors (Lipinski definition) is 1. The van der Waals surface area contributed by atoms with Crippen molar-refractivity contribution in [3.63, 3.8) is 0 Å². The Hall–Kier alpha value is -2.04. The van der Waals surface area contributed by atoms with Gasteiger partial charge in [0, 0.05) is 26.2 Å². The summed E-state index contributed by atoms with van der Waals surface area (Å²) in [5.41, 5.74) is 0. The van der Waals surface area contributed by atoms with E-state index in [0.717, 1.165) is 0 Å². The fourth-order valence-electron chi connectivity index (χ4n) is 1.57. The molecule has 1 aromatic heterocycles. The Morgan fingerprint density at radius 2 is 2.10 bits per heavy atom. The van der Waals surface area contributed by atoms with Crippen LogP contribution in [-0.2, 0) is 6.18 Å². The van der Waals surface area contributed by atoms with Crippen molar-refractivity contribution in [3.05, 3.63) is 11.9 Å². The standard InChI is InChI=1S/C12H16F3N5/c1-4-17-9-5-10(20(3)7-8(2)6-16)19-11(18-9)12(13,14)15/h5,8H,4,7H2,1-3H3,(H,17,18,19). The van der Waals surface area contributed by atoms with Crippen LogP contribution >= 0.6 is 0 Å². The molecule has 1 rings (SSSR count). The van der Waals surface area contributed by atoms with Crippen molar-refractivity contribution in [1.82, 2.24) is 9.97 Å². The number of hydrogen-bond acceptors (Lipinski definition) is 5. The maximum Gasteiger partial charge on any atom is 0.451 e. The second-order valence-electron chi connectivity index (χ2n) is 4.37. The minimum Gasteiger partial charge on any atom is -0.370 e. The molecule has 0 aromatic carbocycles. The summed E-state index contributed by atoms with van der Waals surface area (Å²) < 4.78 is 38.3. The van der Waals surface area contributed by atoms with Crippen LogP contribution in [0.1, 0.15) is 19.7 Å². The number of halogens is 3. The molecular weight excluding hydrogens is 271 g/mol. The minimum absolute atomic E-state index is 0.112. The van der Waals surface area contributed by atoms with Gasteiger partial charge in [-0.15, -0.1) is 0 Å². The Kier molecular flexibility index (Phi) is 5.13. The smallest absolute Gasteiger partial charge is 0.370 e. The van der Waals surface area contributed by atoms with Crippen molar-refractivity contribution in [3.8, 4) is 6.07 Å². The third kappa shape index (κ3) is 4.26. The monoisotopic (exact) mass is 287 g/mol. The summed E-state index contributed by atoms with van der Waals surface area (Å²) >= 11 is 0. The Morgan fingerprint density at radius 1 is 1.45 bits per heavy atom. The Labute approximate surface area is 115 Å². The maximum atomic E-state index is 12.8. The van der Waals surface area contributed by atoms with Crippen LogP contribution in [0.15, 0.2) is 6.07 Å². The molecule has 0 aliphatic rings. The van der Waals surface area contributed by atoms with Gasteiger partial charge in [-0.05, 0) is 13.8 Å². The summed E-state index contributed by atoms with van der Waals surface area (Å²) in [6, 6.07) is 3.46. The lowest BCUT2D eigenvalue weighted by atomic mass is 10.2. The zero-order chi connectivity index (χ0) is 15.3. The summed E-state index contributed by atoms with van der Waals surface area (Å²) in [6.07, 6.45) is -4.61. The van der Waals surface area contributed by atoms with Gasteiger partial charge in [-0.1, -0.05) is 0 Å². The third-order valence-electron chi connectivity index (χ3n) is 2.48. The molecule has 0 aliphatic carbocycles. The average Bonchev–Trinajstić information content (AvgIpc) is 2.37. The van der Waals surface area contributed by atoms with Crippen LogP contribution in [0.5, 0.6) is 0 Å². The van der Waals surface area contributed by atoms with Crippen molar-refractivity contribution in [2.75, 3.05) is 30.4 Å². The quantitative estimate of drug-likeness (QED) is 0.901. The molecule has 5 nitrogen and oxygen atoms in total. The number of alkyl halides is 3. The molecule has 110 valence electrons. The van der Waals surface area contributed by atoms with E-state index in [-0.39, 0.29) is 24.1 Å². The molecule has 0 fully saturated rings. The molecule has 1 aromatic rings. The van der Waals surface area contributed by atoms with Gasteiger partial charge in [0.25, 0.3) is 0 Å². The predicted octanol–water partition coefficient (Wildman–Crippen LogP) is 2.52. The van der Waals surface area contributed by atoms with Gasteiger partial charge in [0.05, 0.1) is 12.0 Å². The summed E-state index contributed by atoms with van der Waals surface area (Å²) in [5.74, 6) is -1.26. The lowest BCUT2D eigenvalue weighted by Gasteiger charge is -2.21. The first-order chi connectivity index (χ1) is 9.27. The van der Waals surface area contributed by atoms with Gasteiger partial charge in [-0.3, -0.25) is 0 Å². The first-order valence-electron chi connectivity index (χ1n) is 6.08. The summed E-state index contributed by atoms with van der Waals surface area (Å²) in [5, 5.41) is 11.5. The molecule has 0 spiro atoms. The zero-order valence-electron chi connectivity index (χ0n) is 11.5. The molecule has 0 saturated heterocycles. The first-order valence-corrected chi connectivity index (χ1v) is 6.08. The Balaban J connectivity index is 3.12. The van der Waals surface area contributed by atoms with Crippen LogP contribution in [0, 0.1) is 17.2 Å². The highest BCUT2D eigenvalue weighted by Gasteiger charge is 2.35. The van der Waals surface area contributed by atoms with Gasteiger partial charge in [0.15, 0.2) is 0 Å². The molecule has 0 saturated carbocycles. The van der Waals surface area contributed by atoms with Crippen LogP contribution < -0.4 is 10.2 Å². The minimum atomic E-state index is -4.61. The van der Waals surface area contributed by atoms with Crippen molar-refractivity contribution < 1.29 is 13.2 Å². The van der Waals surface area contributed by atoms with E-state index < -0.39 is 12.0 Å². The largest absolute Gasteiger partial charge is 0.451 e. The average molecular weight is 287 g/mol. The van der Waals surface area contributed by atoms with E-state index in [9.17, 15) is 13.2 Å². The third-order valence-corrected chi connectivity index (χ3v) is 2.48. The lowest BCUT2D eigenvalue weighted by molar-refractivity contribution is -0.144. The van der Waals surface area contributed by atoms with Gasteiger partial charge in [-0.2, -0.15) is 18.4 Å². The first kappa shape index (κ1) is 16.0. The number of nitrogens with zero attached hydrogens (tertiary/aromatic N) is 4. The normalized spacial score (nSPS) is 12.7. The number of nitrogens with one attached hydrogen (secondary N) is 1. The Morgan fingerprint density at radius 3 is 2.60 bits per heavy atom. The van der Waals surface area contributed by atoms with E-state index >= 15 is 0 Å². The van der Waals surface area contributed by atoms with Crippen molar-refractivity contribution >= 4 is 11.6 Å². The molecule has 0 amide bonds. The Bertz CT molecular complexity index is 495. The fraction of sp³-hybridized carbons (Fsp3) is 0.583. The topological polar surface area (TPSA) is 64.8 Å². The van der Waals surface area contributed by atoms with Gasteiger partial charge in [-0.25, -0.2) is 9.97 Å². The van der Waals surface area contributed by atoms with E-state index in [0.29, 0.717) is 6.54 Å². The molecule has 0 bridgehead atoms. The van der Waals surface area contributed by atoms with Crippen LogP contribution in [0.3, 0.4) is 0 Å². The van der Waals surface area contributed by atoms with Crippen LogP contribution in [0.25, 0.3) is 0 Å². The molecule has 8 heteroatoms. The number of aromatic nitrogens is 2. The molecule has 1 heterocycles. The predicted molar refractivity (Wildman–Crippen MR) is 69.2 cm³/mol. The molecular formula is C12H16F3N5. The maximum absolute atomic E-state index is 12.8. The van der Waals surface area contributed by atoms with Crippen LogP contribution in [-0.4, -0.2) is 30.1 Å². The highest BCUT2D eigenvalue weighted by molar-refractivity contribution is 5.49. The molecule has 0 radical (unpaired) electrons. The molecule has 1 atom stereocenters. The fourth-order valence-corrected chi connectivity index (χ4v) is 1.57. The second kappa shape index (κ2) is 6.41. The van der Waals surface area contributed by atoms with Gasteiger partial charge >= 0.3 is 6.18 Å². The number of rotatable bonds is 5. The lowest BCUT2D eigenvalue weighted by Crippen LogP contribution is -2.26. The van der Waals surface area contributed by atoms with Crippen LogP contribution in [0.2, 0.25) is 0 Å². The highest BCUT2D eigenvalue weighted by atomic mass is 19.4. The molecule has 20 heavy (non-hydrogen) atoms. The van der Waals surface area contributed by atoms with E-state index in [1.807, 2.05) is 6.07 Å². The molecule has 1 N–H and O–H groups in total. The highest BCUT2D eigenvalue weighted by Crippen LogP contribution is 2.29. The number of nitriles is 1. The summed E-state index contributed by atoms with van der Waals surface area (Å²) in [7, 11) is 1.59. The van der Waals surface area contributed by atoms with Gasteiger partial charge < -0.3 is 10.2 Å². The SMILES string of the molecule is CCNc1cc(N(C)CC(C)C#N)nc(C(F)(F)F)n1. The molecule has 0 aliphatic heterocycles. The van der Waals surface area contributed by atoms with Gasteiger partial charge in [0.2, 0.25) is 5.82 Å². The zero-order valence-corrected chi connectivity index (χ0v) is 11.5. The number of anilines is 2. The van der Waals surface area contributed by atoms with E-state index in [1.165, 1.54) is 11.0 Å². The van der Waals surface area contributed by atoms with Crippen molar-refractivity contribution in [2.45, 2.75) is 20.0 Å². The van der Waals surface area contributed by atoms with Gasteiger partial charge in [0.1, 0.15) is 11.6 Å². The van der Waals surface area contributed by atoms with Crippen LogP contribution in [0.4, 0.5) is 24.8 Å².